The van der Waals surface area contributed by atoms with Crippen molar-refractivity contribution in [3.8, 4) is 0 Å². The number of hydrogen-bond acceptors (Lipinski definition) is 4. The van der Waals surface area contributed by atoms with E-state index in [1.807, 2.05) is 11.8 Å². The lowest BCUT2D eigenvalue weighted by atomic mass is 10.2. The van der Waals surface area contributed by atoms with E-state index in [1.54, 1.807) is 11.3 Å². The van der Waals surface area contributed by atoms with E-state index < -0.39 is 0 Å². The van der Waals surface area contributed by atoms with Gasteiger partial charge in [0.1, 0.15) is 0 Å². The molecule has 1 heterocycles. The average Bonchev–Trinajstić information content (AvgIpc) is 2.83. The fourth-order valence-electron chi connectivity index (χ4n) is 2.12. The lowest BCUT2D eigenvalue weighted by Crippen LogP contribution is -2.21. The van der Waals surface area contributed by atoms with Crippen LogP contribution in [0.1, 0.15) is 29.3 Å². The second kappa shape index (κ2) is 7.00. The van der Waals surface area contributed by atoms with E-state index in [4.69, 9.17) is 16.7 Å². The number of halogens is 1. The van der Waals surface area contributed by atoms with Crippen LogP contribution in [0, 0.1) is 0 Å². The molecule has 0 amide bonds. The molecule has 1 aliphatic carbocycles. The van der Waals surface area contributed by atoms with Crippen molar-refractivity contribution in [2.75, 3.05) is 24.7 Å². The quantitative estimate of drug-likeness (QED) is 0.757. The van der Waals surface area contributed by atoms with Crippen LogP contribution < -0.4 is 5.32 Å². The van der Waals surface area contributed by atoms with Gasteiger partial charge in [0.15, 0.2) is 0 Å². The Morgan fingerprint density at radius 3 is 3.24 bits per heavy atom. The fraction of sp³-hybridized carbons (Fsp3) is 0.667. The maximum Gasteiger partial charge on any atom is 0.0934 e. The van der Waals surface area contributed by atoms with Crippen LogP contribution in [-0.2, 0) is 6.42 Å². The van der Waals surface area contributed by atoms with E-state index in [1.165, 1.54) is 23.3 Å². The van der Waals surface area contributed by atoms with Crippen molar-refractivity contribution in [2.24, 2.45) is 0 Å². The molecule has 0 fully saturated rings. The lowest BCUT2D eigenvalue weighted by molar-refractivity contribution is 0.296. The summed E-state index contributed by atoms with van der Waals surface area (Å²) in [7, 11) is 0. The van der Waals surface area contributed by atoms with Crippen LogP contribution in [0.2, 0.25) is 4.34 Å². The SMILES string of the molecule is OCCCSCCNC1CCc2sc(Cl)cc21. The molecule has 0 radical (unpaired) electrons. The van der Waals surface area contributed by atoms with Crippen molar-refractivity contribution in [3.63, 3.8) is 0 Å². The number of aryl methyl sites for hydroxylation is 1. The first-order valence-corrected chi connectivity index (χ1v) is 8.36. The Morgan fingerprint density at radius 1 is 1.53 bits per heavy atom. The largest absolute Gasteiger partial charge is 0.396 e. The summed E-state index contributed by atoms with van der Waals surface area (Å²) in [5, 5.41) is 12.3. The summed E-state index contributed by atoms with van der Waals surface area (Å²) in [6.45, 7) is 1.34. The highest BCUT2D eigenvalue weighted by Crippen LogP contribution is 2.39. The molecule has 1 unspecified atom stereocenters. The van der Waals surface area contributed by atoms with Crippen LogP contribution in [-0.4, -0.2) is 29.8 Å². The van der Waals surface area contributed by atoms with Crippen molar-refractivity contribution in [1.82, 2.24) is 5.32 Å². The second-order valence-corrected chi connectivity index (χ2v) is 7.16. The van der Waals surface area contributed by atoms with Gasteiger partial charge < -0.3 is 10.4 Å². The van der Waals surface area contributed by atoms with E-state index in [0.717, 1.165) is 28.8 Å². The van der Waals surface area contributed by atoms with Crippen molar-refractivity contribution >= 4 is 34.7 Å². The van der Waals surface area contributed by atoms with E-state index in [-0.39, 0.29) is 0 Å². The number of rotatable bonds is 7. The summed E-state index contributed by atoms with van der Waals surface area (Å²) < 4.78 is 0.916. The second-order valence-electron chi connectivity index (χ2n) is 4.16. The lowest BCUT2D eigenvalue weighted by Gasteiger charge is -2.12. The first-order valence-electron chi connectivity index (χ1n) is 6.01. The number of aliphatic hydroxyl groups excluding tert-OH is 1. The van der Waals surface area contributed by atoms with Crippen LogP contribution in [0.4, 0.5) is 0 Å². The van der Waals surface area contributed by atoms with Crippen LogP contribution >= 0.6 is 34.7 Å². The van der Waals surface area contributed by atoms with Crippen LogP contribution in [0.15, 0.2) is 6.07 Å². The molecule has 0 aromatic carbocycles. The van der Waals surface area contributed by atoms with Gasteiger partial charge in [0, 0.05) is 29.8 Å². The third-order valence-corrected chi connectivity index (χ3v) is 5.34. The first-order chi connectivity index (χ1) is 8.31. The van der Waals surface area contributed by atoms with Gasteiger partial charge in [0.2, 0.25) is 0 Å². The van der Waals surface area contributed by atoms with Gasteiger partial charge in [-0.25, -0.2) is 0 Å². The third kappa shape index (κ3) is 3.86. The maximum absolute atomic E-state index is 8.67. The maximum atomic E-state index is 8.67. The Hall–Kier alpha value is 0.260. The van der Waals surface area contributed by atoms with Crippen molar-refractivity contribution < 1.29 is 5.11 Å². The highest BCUT2D eigenvalue weighted by Gasteiger charge is 2.24. The molecule has 17 heavy (non-hydrogen) atoms. The molecule has 2 rings (SSSR count). The minimum Gasteiger partial charge on any atom is -0.396 e. The van der Waals surface area contributed by atoms with E-state index in [2.05, 4.69) is 11.4 Å². The summed E-state index contributed by atoms with van der Waals surface area (Å²) in [5.74, 6) is 2.17. The molecular formula is C12H18ClNOS2. The number of hydrogen-bond donors (Lipinski definition) is 2. The topological polar surface area (TPSA) is 32.3 Å². The fourth-order valence-corrected chi connectivity index (χ4v) is 4.27. The molecule has 96 valence electrons. The Labute approximate surface area is 116 Å². The van der Waals surface area contributed by atoms with Crippen LogP contribution in [0.5, 0.6) is 0 Å². The normalized spacial score (nSPS) is 18.6. The molecule has 1 aliphatic rings. The smallest absolute Gasteiger partial charge is 0.0934 e. The molecule has 0 saturated heterocycles. The van der Waals surface area contributed by atoms with E-state index in [0.29, 0.717) is 12.6 Å². The Morgan fingerprint density at radius 2 is 2.41 bits per heavy atom. The molecule has 2 nitrogen and oxygen atoms in total. The molecule has 1 atom stereocenters. The molecule has 2 N–H and O–H groups in total. The van der Waals surface area contributed by atoms with Crippen LogP contribution in [0.3, 0.4) is 0 Å². The van der Waals surface area contributed by atoms with Gasteiger partial charge in [-0.15, -0.1) is 11.3 Å². The Balaban J connectivity index is 1.67. The predicted octanol–water partition coefficient (Wildman–Crippen LogP) is 3.09. The summed E-state index contributed by atoms with van der Waals surface area (Å²) >= 11 is 9.65. The van der Waals surface area contributed by atoms with E-state index >= 15 is 0 Å². The minimum absolute atomic E-state index is 0.305. The molecule has 5 heteroatoms. The molecule has 0 bridgehead atoms. The zero-order valence-corrected chi connectivity index (χ0v) is 12.1. The van der Waals surface area contributed by atoms with Gasteiger partial charge >= 0.3 is 0 Å². The molecular weight excluding hydrogens is 274 g/mol. The van der Waals surface area contributed by atoms with Gasteiger partial charge in [0.05, 0.1) is 4.34 Å². The van der Waals surface area contributed by atoms with Gasteiger partial charge in [-0.3, -0.25) is 0 Å². The minimum atomic E-state index is 0.305. The van der Waals surface area contributed by atoms with E-state index in [9.17, 15) is 0 Å². The number of thioether (sulfide) groups is 1. The summed E-state index contributed by atoms with van der Waals surface area (Å²) in [6, 6.07) is 2.62. The van der Waals surface area contributed by atoms with Crippen molar-refractivity contribution in [1.29, 1.82) is 0 Å². The molecule has 0 spiro atoms. The Kier molecular flexibility index (Phi) is 5.63. The highest BCUT2D eigenvalue weighted by molar-refractivity contribution is 7.99. The Bertz CT molecular complexity index is 356. The zero-order valence-electron chi connectivity index (χ0n) is 9.75. The van der Waals surface area contributed by atoms with Gasteiger partial charge in [-0.2, -0.15) is 11.8 Å². The zero-order chi connectivity index (χ0) is 12.1. The van der Waals surface area contributed by atoms with Crippen molar-refractivity contribution in [3.05, 3.63) is 20.8 Å². The van der Waals surface area contributed by atoms with Gasteiger partial charge in [0.25, 0.3) is 0 Å². The summed E-state index contributed by atoms with van der Waals surface area (Å²) in [5.41, 5.74) is 1.42. The molecule has 1 aromatic heterocycles. The molecule has 0 saturated carbocycles. The van der Waals surface area contributed by atoms with Gasteiger partial charge in [-0.05, 0) is 36.6 Å². The van der Waals surface area contributed by atoms with Crippen LogP contribution in [0.25, 0.3) is 0 Å². The summed E-state index contributed by atoms with van der Waals surface area (Å²) in [6.07, 6.45) is 3.28. The number of thiophene rings is 1. The number of nitrogens with one attached hydrogen (secondary N) is 1. The highest BCUT2D eigenvalue weighted by atomic mass is 35.5. The summed E-state index contributed by atoms with van der Waals surface area (Å²) in [4.78, 5) is 1.46. The first kappa shape index (κ1) is 13.7. The molecule has 1 aromatic rings. The monoisotopic (exact) mass is 291 g/mol. The van der Waals surface area contributed by atoms with Crippen molar-refractivity contribution in [2.45, 2.75) is 25.3 Å². The predicted molar refractivity (Wildman–Crippen MR) is 77.4 cm³/mol. The standard InChI is InChI=1S/C12H18ClNOS2/c13-12-8-9-10(2-3-11(9)17-12)14-4-7-16-6-1-5-15/h8,10,14-15H,1-7H2. The number of aliphatic hydroxyl groups is 1. The average molecular weight is 292 g/mol. The van der Waals surface area contributed by atoms with Gasteiger partial charge in [-0.1, -0.05) is 11.6 Å². The third-order valence-electron chi connectivity index (χ3n) is 2.93. The molecule has 0 aliphatic heterocycles. The number of fused-ring (bicyclic) bond motifs is 1.